The lowest BCUT2D eigenvalue weighted by molar-refractivity contribution is -0.533. The van der Waals surface area contributed by atoms with Gasteiger partial charge < -0.3 is 0 Å². The number of hydrogen-bond donors (Lipinski definition) is 0. The lowest BCUT2D eigenvalue weighted by Crippen LogP contribution is -2.38. The van der Waals surface area contributed by atoms with Gasteiger partial charge in [0.2, 0.25) is 12.4 Å². The van der Waals surface area contributed by atoms with Gasteiger partial charge in [0.05, 0.1) is 16.5 Å². The molecule has 63 heavy (non-hydrogen) atoms. The predicted octanol–water partition coefficient (Wildman–Crippen LogP) is 12.4. The molecule has 0 N–H and O–H groups in total. The van der Waals surface area contributed by atoms with Crippen LogP contribution in [0, 0.1) is 0 Å². The van der Waals surface area contributed by atoms with E-state index in [1.165, 1.54) is 89.0 Å². The Balaban J connectivity index is 1.14. The molecule has 0 radical (unpaired) electrons. The van der Waals surface area contributed by atoms with E-state index in [4.69, 9.17) is 4.98 Å². The van der Waals surface area contributed by atoms with Crippen molar-refractivity contribution in [3.05, 3.63) is 292 Å². The van der Waals surface area contributed by atoms with E-state index in [0.29, 0.717) is 0 Å². The minimum absolute atomic E-state index is 0.647. The third-order valence-corrected chi connectivity index (χ3v) is 14.4. The van der Waals surface area contributed by atoms with Crippen molar-refractivity contribution in [3.8, 4) is 33.4 Å². The average molecular weight is 804 g/mol. The van der Waals surface area contributed by atoms with E-state index >= 15 is 0 Å². The van der Waals surface area contributed by atoms with Gasteiger partial charge in [-0.15, -0.1) is 0 Å². The first-order chi connectivity index (χ1) is 31.2. The number of nitrogens with zero attached hydrogens (tertiary/aromatic N) is 3. The van der Waals surface area contributed by atoms with Crippen LogP contribution in [-0.4, -0.2) is 27.2 Å². The van der Waals surface area contributed by atoms with Gasteiger partial charge in [-0.25, -0.2) is 0 Å². The van der Waals surface area contributed by atoms with E-state index in [1.807, 2.05) is 16.8 Å². The Labute approximate surface area is 367 Å². The van der Waals surface area contributed by atoms with Crippen LogP contribution in [0.5, 0.6) is 0 Å². The van der Waals surface area contributed by atoms with Gasteiger partial charge in [0.25, 0.3) is 5.54 Å². The zero-order chi connectivity index (χ0) is 41.8. The Morgan fingerprint density at radius 2 is 0.746 bits per heavy atom. The fraction of sp³-hybridized carbons (Fsp3) is 0.0667. The van der Waals surface area contributed by atoms with Crippen molar-refractivity contribution in [3.63, 3.8) is 0 Å². The molecule has 9 aromatic rings. The molecular weight excluding hydrogens is 763 g/mol. The molecule has 0 spiro atoms. The Bertz CT molecular complexity index is 3340. The number of hydrogen-bond acceptors (Lipinski definition) is 1. The van der Waals surface area contributed by atoms with E-state index in [2.05, 4.69) is 236 Å². The van der Waals surface area contributed by atoms with Crippen LogP contribution in [0.1, 0.15) is 61.3 Å². The molecule has 4 aliphatic rings. The quantitative estimate of drug-likeness (QED) is 0.153. The molecule has 1 aromatic heterocycles. The van der Waals surface area contributed by atoms with E-state index in [9.17, 15) is 0 Å². The van der Waals surface area contributed by atoms with Gasteiger partial charge in [0.1, 0.15) is 0 Å². The van der Waals surface area contributed by atoms with Crippen molar-refractivity contribution >= 4 is 6.01 Å². The van der Waals surface area contributed by atoms with Gasteiger partial charge in [-0.2, -0.15) is 0 Å². The minimum atomic E-state index is -0.675. The van der Waals surface area contributed by atoms with Crippen LogP contribution in [0.25, 0.3) is 33.4 Å². The molecule has 3 nitrogen and oxygen atoms in total. The summed E-state index contributed by atoms with van der Waals surface area (Å²) < 4.78 is 4.33. The van der Waals surface area contributed by atoms with Gasteiger partial charge in [-0.1, -0.05) is 203 Å². The Kier molecular flexibility index (Phi) is 7.53. The molecule has 0 unspecified atom stereocenters. The van der Waals surface area contributed by atoms with Crippen molar-refractivity contribution < 1.29 is 9.15 Å². The normalized spacial score (nSPS) is 16.0. The summed E-state index contributed by atoms with van der Waals surface area (Å²) in [5, 5.41) is 0. The van der Waals surface area contributed by atoms with Crippen molar-refractivity contribution in [1.82, 2.24) is 4.98 Å². The SMILES string of the molecule is C[N+]1=C=[N+](C2(c3cccc(C4(c5cccc(C6(c7ccccn7)c7ccccc7-c7ccccc76)c5)c5ccccc5-c5ccccc54)c3)c3ccccc3-c3ccccc32)C=C1. The highest BCUT2D eigenvalue weighted by molar-refractivity contribution is 5.89. The van der Waals surface area contributed by atoms with Crippen molar-refractivity contribution in [2.45, 2.75) is 16.4 Å². The number of fused-ring (bicyclic) bond motifs is 9. The molecule has 0 amide bonds. The van der Waals surface area contributed by atoms with E-state index in [0.717, 1.165) is 5.69 Å². The first-order valence-electron chi connectivity index (χ1n) is 21.8. The van der Waals surface area contributed by atoms with E-state index < -0.39 is 16.4 Å². The summed E-state index contributed by atoms with van der Waals surface area (Å²) in [6.45, 7) is 0. The first-order valence-corrected chi connectivity index (χ1v) is 21.8. The molecule has 3 aliphatic carbocycles. The summed E-state index contributed by atoms with van der Waals surface area (Å²) in [7, 11) is 2.06. The molecule has 0 bridgehead atoms. The fourth-order valence-corrected chi connectivity index (χ4v) is 12.1. The molecule has 0 saturated heterocycles. The maximum atomic E-state index is 5.21. The van der Waals surface area contributed by atoms with Crippen molar-refractivity contribution in [1.29, 1.82) is 0 Å². The largest absolute Gasteiger partial charge is 0.490 e. The maximum Gasteiger partial charge on any atom is 0.490 e. The van der Waals surface area contributed by atoms with Gasteiger partial charge in [-0.05, 0) is 90.5 Å². The Hall–Kier alpha value is -7.97. The molecule has 1 aliphatic heterocycles. The topological polar surface area (TPSA) is 18.9 Å². The standard InChI is InChI=1S/C60H41N3/c1-62-36-37-63(40-62)60(55-32-12-6-26-49(55)50-27-7-13-33-56(50)60)44-21-17-19-42(39-44)58(51-28-8-2-22-45(51)46-23-3-9-29-52(46)58)41-18-16-20-43(38-41)59(57-34-14-15-35-61-57)53-30-10-4-24-47(53)48-25-5-11-31-54(48)59/h2-39H,1H3/q+2. The highest BCUT2D eigenvalue weighted by atomic mass is 15.2. The second-order valence-electron chi connectivity index (χ2n) is 17.2. The molecular formula is C60H41N3+2. The van der Waals surface area contributed by atoms with Gasteiger partial charge >= 0.3 is 6.01 Å². The third-order valence-electron chi connectivity index (χ3n) is 14.4. The van der Waals surface area contributed by atoms with Gasteiger partial charge in [0.15, 0.2) is 7.05 Å². The van der Waals surface area contributed by atoms with Crippen molar-refractivity contribution in [2.24, 2.45) is 0 Å². The Morgan fingerprint density at radius 1 is 0.365 bits per heavy atom. The van der Waals surface area contributed by atoms with E-state index in [-0.39, 0.29) is 0 Å². The van der Waals surface area contributed by atoms with Crippen LogP contribution in [0.3, 0.4) is 0 Å². The summed E-state index contributed by atoms with van der Waals surface area (Å²) in [6, 6.07) is 82.9. The lowest BCUT2D eigenvalue weighted by atomic mass is 9.64. The monoisotopic (exact) mass is 803 g/mol. The van der Waals surface area contributed by atoms with Crippen LogP contribution in [0.15, 0.2) is 231 Å². The smallest absolute Gasteiger partial charge is 0.260 e. The molecule has 3 heteroatoms. The van der Waals surface area contributed by atoms with Crippen LogP contribution in [-0.2, 0) is 16.4 Å². The summed E-state index contributed by atoms with van der Waals surface area (Å²) in [5.41, 5.74) is 18.9. The zero-order valence-corrected chi connectivity index (χ0v) is 34.8. The average Bonchev–Trinajstić information content (AvgIpc) is 4.09. The summed E-state index contributed by atoms with van der Waals surface area (Å²) in [5.74, 6) is 0. The summed E-state index contributed by atoms with van der Waals surface area (Å²) >= 11 is 0. The van der Waals surface area contributed by atoms with E-state index in [1.54, 1.807) is 0 Å². The minimum Gasteiger partial charge on any atom is -0.260 e. The van der Waals surface area contributed by atoms with Crippen LogP contribution in [0.2, 0.25) is 0 Å². The van der Waals surface area contributed by atoms with Crippen LogP contribution >= 0.6 is 0 Å². The molecule has 8 aromatic carbocycles. The second-order valence-corrected chi connectivity index (χ2v) is 17.2. The first kappa shape index (κ1) is 35.8. The predicted molar refractivity (Wildman–Crippen MR) is 251 cm³/mol. The number of benzene rings is 8. The highest BCUT2D eigenvalue weighted by Crippen LogP contribution is 2.60. The molecule has 13 rings (SSSR count). The molecule has 0 fully saturated rings. The number of pyridine rings is 1. The van der Waals surface area contributed by atoms with Gasteiger partial charge in [-0.3, -0.25) is 4.98 Å². The number of aromatic nitrogens is 1. The van der Waals surface area contributed by atoms with Crippen molar-refractivity contribution in [2.75, 3.05) is 7.05 Å². The lowest BCUT2D eigenvalue weighted by Gasteiger charge is -2.37. The Morgan fingerprint density at radius 3 is 1.19 bits per heavy atom. The molecule has 294 valence electrons. The zero-order valence-electron chi connectivity index (χ0n) is 34.8. The third kappa shape index (κ3) is 4.56. The second kappa shape index (κ2) is 13.3. The summed E-state index contributed by atoms with van der Waals surface area (Å²) in [6.07, 6.45) is 6.22. The highest BCUT2D eigenvalue weighted by Gasteiger charge is 2.57. The number of rotatable bonds is 6. The maximum absolute atomic E-state index is 5.21. The van der Waals surface area contributed by atoms with Crippen LogP contribution in [0.4, 0.5) is 0 Å². The van der Waals surface area contributed by atoms with Crippen LogP contribution < -0.4 is 0 Å². The van der Waals surface area contributed by atoms with Gasteiger partial charge in [0, 0.05) is 22.9 Å². The molecule has 0 saturated carbocycles. The molecule has 0 atom stereocenters. The molecule has 2 heterocycles. The fourth-order valence-electron chi connectivity index (χ4n) is 12.1. The summed E-state index contributed by atoms with van der Waals surface area (Å²) in [4.78, 5) is 5.21.